The maximum Gasteiger partial charge on any atom is 0.151 e. The summed E-state index contributed by atoms with van der Waals surface area (Å²) in [7, 11) is 0. The molecule has 2 aromatic heterocycles. The van der Waals surface area contributed by atoms with Crippen molar-refractivity contribution >= 4 is 16.6 Å². The van der Waals surface area contributed by atoms with Crippen LogP contribution >= 0.6 is 0 Å². The molecule has 0 aliphatic rings. The standard InChI is InChI=1S/C19H20FN3/c1-11(2)23-14(5)22-19-17(20)9-15(10-18(19)23)12(3)16-7-6-8-21-13(16)4/h6-11H,3H2,1-2,4-5H3. The van der Waals surface area contributed by atoms with Crippen LogP contribution in [0.4, 0.5) is 4.39 Å². The summed E-state index contributed by atoms with van der Waals surface area (Å²) in [6.07, 6.45) is 1.74. The van der Waals surface area contributed by atoms with E-state index in [1.165, 1.54) is 6.07 Å². The highest BCUT2D eigenvalue weighted by molar-refractivity contribution is 5.86. The van der Waals surface area contributed by atoms with Crippen LogP contribution in [0.15, 0.2) is 37.0 Å². The summed E-state index contributed by atoms with van der Waals surface area (Å²) in [6, 6.07) is 7.51. The quantitative estimate of drug-likeness (QED) is 0.694. The van der Waals surface area contributed by atoms with Gasteiger partial charge >= 0.3 is 0 Å². The Morgan fingerprint density at radius 1 is 1.26 bits per heavy atom. The van der Waals surface area contributed by atoms with E-state index in [0.29, 0.717) is 5.52 Å². The van der Waals surface area contributed by atoms with Crippen molar-refractivity contribution in [2.45, 2.75) is 33.7 Å². The molecule has 0 N–H and O–H groups in total. The molecule has 0 saturated heterocycles. The van der Waals surface area contributed by atoms with Crippen LogP contribution in [0.1, 0.15) is 42.5 Å². The Labute approximate surface area is 135 Å². The predicted molar refractivity (Wildman–Crippen MR) is 91.9 cm³/mol. The van der Waals surface area contributed by atoms with Crippen molar-refractivity contribution < 1.29 is 4.39 Å². The molecule has 0 radical (unpaired) electrons. The van der Waals surface area contributed by atoms with Gasteiger partial charge < -0.3 is 4.57 Å². The second-order valence-electron chi connectivity index (χ2n) is 6.06. The van der Waals surface area contributed by atoms with E-state index in [-0.39, 0.29) is 11.9 Å². The molecule has 0 saturated carbocycles. The van der Waals surface area contributed by atoms with Crippen LogP contribution in [0.3, 0.4) is 0 Å². The number of aryl methyl sites for hydroxylation is 2. The van der Waals surface area contributed by atoms with E-state index in [1.807, 2.05) is 36.6 Å². The van der Waals surface area contributed by atoms with Gasteiger partial charge in [-0.05, 0) is 57.0 Å². The Morgan fingerprint density at radius 2 is 2.00 bits per heavy atom. The number of hydrogen-bond donors (Lipinski definition) is 0. The summed E-state index contributed by atoms with van der Waals surface area (Å²) in [5.74, 6) is 0.497. The van der Waals surface area contributed by atoms with Crippen LogP contribution in [0.5, 0.6) is 0 Å². The third-order valence-electron chi connectivity index (χ3n) is 4.12. The summed E-state index contributed by atoms with van der Waals surface area (Å²) in [5, 5.41) is 0. The van der Waals surface area contributed by atoms with E-state index < -0.39 is 0 Å². The molecule has 4 heteroatoms. The second kappa shape index (κ2) is 5.61. The molecular weight excluding hydrogens is 289 g/mol. The second-order valence-corrected chi connectivity index (χ2v) is 6.06. The van der Waals surface area contributed by atoms with E-state index in [4.69, 9.17) is 0 Å². The molecule has 23 heavy (non-hydrogen) atoms. The van der Waals surface area contributed by atoms with Gasteiger partial charge in [0.2, 0.25) is 0 Å². The summed E-state index contributed by atoms with van der Waals surface area (Å²) in [4.78, 5) is 8.66. The van der Waals surface area contributed by atoms with Gasteiger partial charge in [-0.25, -0.2) is 9.37 Å². The van der Waals surface area contributed by atoms with Crippen LogP contribution in [-0.4, -0.2) is 14.5 Å². The maximum absolute atomic E-state index is 14.5. The van der Waals surface area contributed by atoms with E-state index in [0.717, 1.165) is 33.7 Å². The molecule has 0 atom stereocenters. The normalized spacial score (nSPS) is 11.4. The van der Waals surface area contributed by atoms with Gasteiger partial charge in [0.05, 0.1) is 5.52 Å². The molecule has 0 bridgehead atoms. The highest BCUT2D eigenvalue weighted by Crippen LogP contribution is 2.30. The Morgan fingerprint density at radius 3 is 2.65 bits per heavy atom. The molecule has 3 rings (SSSR count). The van der Waals surface area contributed by atoms with Gasteiger partial charge in [-0.3, -0.25) is 4.98 Å². The van der Waals surface area contributed by atoms with Crippen molar-refractivity contribution in [3.05, 3.63) is 65.5 Å². The number of halogens is 1. The van der Waals surface area contributed by atoms with Crippen molar-refractivity contribution in [3.63, 3.8) is 0 Å². The average molecular weight is 309 g/mol. The monoisotopic (exact) mass is 309 g/mol. The van der Waals surface area contributed by atoms with E-state index in [9.17, 15) is 4.39 Å². The molecule has 0 aliphatic heterocycles. The van der Waals surface area contributed by atoms with Crippen molar-refractivity contribution in [1.29, 1.82) is 0 Å². The van der Waals surface area contributed by atoms with Crippen molar-refractivity contribution in [2.24, 2.45) is 0 Å². The van der Waals surface area contributed by atoms with E-state index in [1.54, 1.807) is 6.20 Å². The third-order valence-corrected chi connectivity index (χ3v) is 4.12. The number of benzene rings is 1. The lowest BCUT2D eigenvalue weighted by Gasteiger charge is -2.13. The molecule has 0 unspecified atom stereocenters. The molecule has 2 heterocycles. The molecule has 0 amide bonds. The van der Waals surface area contributed by atoms with Gasteiger partial charge in [-0.15, -0.1) is 0 Å². The Kier molecular flexibility index (Phi) is 3.76. The average Bonchev–Trinajstić information content (AvgIpc) is 2.84. The zero-order valence-electron chi connectivity index (χ0n) is 13.9. The van der Waals surface area contributed by atoms with Crippen LogP contribution in [0.25, 0.3) is 16.6 Å². The van der Waals surface area contributed by atoms with E-state index in [2.05, 4.69) is 30.4 Å². The first-order chi connectivity index (χ1) is 10.9. The smallest absolute Gasteiger partial charge is 0.151 e. The fourth-order valence-corrected chi connectivity index (χ4v) is 3.05. The number of hydrogen-bond acceptors (Lipinski definition) is 2. The fourth-order valence-electron chi connectivity index (χ4n) is 3.05. The topological polar surface area (TPSA) is 30.7 Å². The number of pyridine rings is 1. The van der Waals surface area contributed by atoms with Crippen LogP contribution in [0, 0.1) is 19.7 Å². The number of rotatable bonds is 3. The predicted octanol–water partition coefficient (Wildman–Crippen LogP) is 4.83. The molecule has 118 valence electrons. The number of aromatic nitrogens is 3. The molecule has 0 aliphatic carbocycles. The highest BCUT2D eigenvalue weighted by atomic mass is 19.1. The molecular formula is C19H20FN3. The largest absolute Gasteiger partial charge is 0.326 e. The van der Waals surface area contributed by atoms with Crippen molar-refractivity contribution in [3.8, 4) is 0 Å². The summed E-state index contributed by atoms with van der Waals surface area (Å²) in [5.41, 5.74) is 4.55. The first-order valence-electron chi connectivity index (χ1n) is 7.69. The first kappa shape index (κ1) is 15.4. The third kappa shape index (κ3) is 2.54. The first-order valence-corrected chi connectivity index (χ1v) is 7.69. The molecule has 3 nitrogen and oxygen atoms in total. The van der Waals surface area contributed by atoms with Gasteiger partial charge in [0.1, 0.15) is 11.3 Å². The summed E-state index contributed by atoms with van der Waals surface area (Å²) >= 11 is 0. The van der Waals surface area contributed by atoms with Crippen LogP contribution in [-0.2, 0) is 0 Å². The van der Waals surface area contributed by atoms with Crippen molar-refractivity contribution in [2.75, 3.05) is 0 Å². The Bertz CT molecular complexity index is 906. The Balaban J connectivity index is 2.21. The van der Waals surface area contributed by atoms with Gasteiger partial charge in [-0.1, -0.05) is 12.6 Å². The van der Waals surface area contributed by atoms with Gasteiger partial charge in [-0.2, -0.15) is 0 Å². The molecule has 3 aromatic rings. The van der Waals surface area contributed by atoms with Crippen LogP contribution < -0.4 is 0 Å². The fraction of sp³-hybridized carbons (Fsp3) is 0.263. The minimum absolute atomic E-state index is 0.211. The van der Waals surface area contributed by atoms with E-state index >= 15 is 0 Å². The Hall–Kier alpha value is -2.49. The maximum atomic E-state index is 14.5. The van der Waals surface area contributed by atoms with Crippen molar-refractivity contribution in [1.82, 2.24) is 14.5 Å². The zero-order chi connectivity index (χ0) is 16.7. The number of imidazole rings is 1. The lowest BCUT2D eigenvalue weighted by Crippen LogP contribution is -2.03. The minimum atomic E-state index is -0.317. The number of nitrogens with zero attached hydrogens (tertiary/aromatic N) is 3. The number of fused-ring (bicyclic) bond motifs is 1. The van der Waals surface area contributed by atoms with Crippen LogP contribution in [0.2, 0.25) is 0 Å². The minimum Gasteiger partial charge on any atom is -0.326 e. The molecule has 0 fully saturated rings. The van der Waals surface area contributed by atoms with Gasteiger partial charge in [0.15, 0.2) is 5.82 Å². The lowest BCUT2D eigenvalue weighted by atomic mass is 9.98. The lowest BCUT2D eigenvalue weighted by molar-refractivity contribution is 0.600. The summed E-state index contributed by atoms with van der Waals surface area (Å²) in [6.45, 7) is 12.1. The SMILES string of the molecule is C=C(c1cc(F)c2nc(C)n(C(C)C)c2c1)c1cccnc1C. The molecule has 0 spiro atoms. The summed E-state index contributed by atoms with van der Waals surface area (Å²) < 4.78 is 16.6. The zero-order valence-corrected chi connectivity index (χ0v) is 13.9. The highest BCUT2D eigenvalue weighted by Gasteiger charge is 2.16. The van der Waals surface area contributed by atoms with Gasteiger partial charge in [0.25, 0.3) is 0 Å². The van der Waals surface area contributed by atoms with Gasteiger partial charge in [0, 0.05) is 23.5 Å². The molecule has 1 aromatic carbocycles.